The van der Waals surface area contributed by atoms with Crippen LogP contribution in [0, 0.1) is 5.82 Å². The van der Waals surface area contributed by atoms with Gasteiger partial charge in [-0.15, -0.1) is 0 Å². The lowest BCUT2D eigenvalue weighted by Crippen LogP contribution is -2.21. The average Bonchev–Trinajstić information content (AvgIpc) is 2.96. The van der Waals surface area contributed by atoms with Gasteiger partial charge in [0.2, 0.25) is 5.91 Å². The van der Waals surface area contributed by atoms with Crippen LogP contribution in [0.15, 0.2) is 35.6 Å². The number of hydrogen-bond acceptors (Lipinski definition) is 3. The third kappa shape index (κ3) is 4.87. The van der Waals surface area contributed by atoms with Crippen LogP contribution in [0.3, 0.4) is 0 Å². The highest BCUT2D eigenvalue weighted by Crippen LogP contribution is 2.22. The van der Waals surface area contributed by atoms with E-state index in [4.69, 9.17) is 0 Å². The number of aromatic amines is 1. The van der Waals surface area contributed by atoms with Gasteiger partial charge in [0.15, 0.2) is 5.16 Å². The Morgan fingerprint density at radius 2 is 2.00 bits per heavy atom. The van der Waals surface area contributed by atoms with Crippen molar-refractivity contribution in [2.75, 3.05) is 19.8 Å². The molecule has 1 heterocycles. The van der Waals surface area contributed by atoms with E-state index in [9.17, 15) is 9.18 Å². The van der Waals surface area contributed by atoms with Crippen molar-refractivity contribution < 1.29 is 9.18 Å². The summed E-state index contributed by atoms with van der Waals surface area (Å²) in [6.07, 6.45) is 4.20. The molecule has 0 saturated heterocycles. The van der Waals surface area contributed by atoms with Crippen molar-refractivity contribution in [3.05, 3.63) is 36.3 Å². The molecule has 6 heteroatoms. The molecule has 2 rings (SSSR count). The Kier molecular flexibility index (Phi) is 6.00. The number of aromatic nitrogens is 2. The zero-order valence-corrected chi connectivity index (χ0v) is 13.6. The molecule has 0 unspecified atom stereocenters. The van der Waals surface area contributed by atoms with Crippen LogP contribution in [0.2, 0.25) is 0 Å². The molecule has 0 radical (unpaired) electrons. The number of unbranched alkanes of at least 4 members (excludes halogenated alkanes) is 1. The lowest BCUT2D eigenvalue weighted by atomic mass is 10.2. The number of halogens is 1. The molecule has 0 saturated carbocycles. The smallest absolute Gasteiger partial charge is 0.222 e. The number of amides is 1. The molecule has 0 bridgehead atoms. The van der Waals surface area contributed by atoms with Gasteiger partial charge in [0.05, 0.1) is 11.9 Å². The first-order valence-electron chi connectivity index (χ1n) is 7.20. The van der Waals surface area contributed by atoms with E-state index < -0.39 is 0 Å². The molecule has 0 atom stereocenters. The van der Waals surface area contributed by atoms with E-state index in [-0.39, 0.29) is 11.7 Å². The lowest BCUT2D eigenvalue weighted by Gasteiger charge is -2.09. The van der Waals surface area contributed by atoms with Crippen molar-refractivity contribution in [3.8, 4) is 11.3 Å². The quantitative estimate of drug-likeness (QED) is 0.626. The van der Waals surface area contributed by atoms with Gasteiger partial charge in [-0.2, -0.15) is 0 Å². The molecule has 0 fully saturated rings. The minimum absolute atomic E-state index is 0.168. The highest BCUT2D eigenvalue weighted by atomic mass is 32.2. The first-order chi connectivity index (χ1) is 10.6. The van der Waals surface area contributed by atoms with Gasteiger partial charge in [0.1, 0.15) is 5.82 Å². The van der Waals surface area contributed by atoms with Crippen molar-refractivity contribution in [2.24, 2.45) is 0 Å². The van der Waals surface area contributed by atoms with Crippen LogP contribution in [0.1, 0.15) is 19.3 Å². The lowest BCUT2D eigenvalue weighted by molar-refractivity contribution is -0.128. The number of nitrogens with one attached hydrogen (secondary N) is 1. The summed E-state index contributed by atoms with van der Waals surface area (Å²) >= 11 is 1.63. The SMILES string of the molecule is CN(C)C(=O)CCCCSc1ncc(-c2ccc(F)cc2)[nH]1. The van der Waals surface area contributed by atoms with Crippen LogP contribution in [0.5, 0.6) is 0 Å². The maximum atomic E-state index is 12.9. The number of thioether (sulfide) groups is 1. The third-order valence-electron chi connectivity index (χ3n) is 3.23. The summed E-state index contributed by atoms with van der Waals surface area (Å²) in [5.74, 6) is 0.837. The fourth-order valence-electron chi connectivity index (χ4n) is 1.92. The maximum Gasteiger partial charge on any atom is 0.222 e. The van der Waals surface area contributed by atoms with Crippen molar-refractivity contribution in [3.63, 3.8) is 0 Å². The molecular weight excluding hydrogens is 301 g/mol. The molecule has 0 spiro atoms. The van der Waals surface area contributed by atoms with Gasteiger partial charge in [-0.3, -0.25) is 4.79 Å². The van der Waals surface area contributed by atoms with Crippen LogP contribution < -0.4 is 0 Å². The summed E-state index contributed by atoms with van der Waals surface area (Å²) < 4.78 is 12.9. The Hall–Kier alpha value is -1.82. The minimum Gasteiger partial charge on any atom is -0.349 e. The number of carbonyl (C=O) groups excluding carboxylic acids is 1. The molecule has 0 aliphatic heterocycles. The second kappa shape index (κ2) is 7.98. The predicted octanol–water partition coefficient (Wildman–Crippen LogP) is 3.57. The van der Waals surface area contributed by atoms with E-state index in [1.165, 1.54) is 12.1 Å². The summed E-state index contributed by atoms with van der Waals surface area (Å²) in [7, 11) is 3.55. The summed E-state index contributed by atoms with van der Waals surface area (Å²) in [6.45, 7) is 0. The van der Waals surface area contributed by atoms with Crippen LogP contribution in [0.25, 0.3) is 11.3 Å². The normalized spacial score (nSPS) is 10.7. The molecule has 1 aromatic carbocycles. The zero-order chi connectivity index (χ0) is 15.9. The van der Waals surface area contributed by atoms with Gasteiger partial charge in [-0.1, -0.05) is 11.8 Å². The van der Waals surface area contributed by atoms with Crippen LogP contribution in [-0.2, 0) is 4.79 Å². The van der Waals surface area contributed by atoms with Crippen LogP contribution >= 0.6 is 11.8 Å². The number of H-pyrrole nitrogens is 1. The van der Waals surface area contributed by atoms with Crippen molar-refractivity contribution >= 4 is 17.7 Å². The van der Waals surface area contributed by atoms with Gasteiger partial charge >= 0.3 is 0 Å². The monoisotopic (exact) mass is 321 g/mol. The number of hydrogen-bond donors (Lipinski definition) is 1. The van der Waals surface area contributed by atoms with Crippen LogP contribution in [-0.4, -0.2) is 40.6 Å². The standard InChI is InChI=1S/C16H20FN3OS/c1-20(2)15(21)5-3-4-10-22-16-18-11-14(19-16)12-6-8-13(17)9-7-12/h6-9,11H,3-5,10H2,1-2H3,(H,18,19). The molecular formula is C16H20FN3OS. The average molecular weight is 321 g/mol. The molecule has 1 amide bonds. The number of benzene rings is 1. The van der Waals surface area contributed by atoms with Crippen molar-refractivity contribution in [1.29, 1.82) is 0 Å². The highest BCUT2D eigenvalue weighted by Gasteiger charge is 2.05. The minimum atomic E-state index is -0.245. The van der Waals surface area contributed by atoms with E-state index in [0.29, 0.717) is 6.42 Å². The number of nitrogens with zero attached hydrogens (tertiary/aromatic N) is 2. The van der Waals surface area contributed by atoms with Gasteiger partial charge in [-0.05, 0) is 42.7 Å². The Bertz CT molecular complexity index is 610. The molecule has 4 nitrogen and oxygen atoms in total. The second-order valence-electron chi connectivity index (χ2n) is 5.20. The second-order valence-corrected chi connectivity index (χ2v) is 6.29. The van der Waals surface area contributed by atoms with E-state index in [2.05, 4.69) is 9.97 Å². The van der Waals surface area contributed by atoms with E-state index in [1.807, 2.05) is 0 Å². The van der Waals surface area contributed by atoms with Gasteiger partial charge in [0, 0.05) is 26.3 Å². The summed E-state index contributed by atoms with van der Waals surface area (Å²) in [4.78, 5) is 20.6. The highest BCUT2D eigenvalue weighted by molar-refractivity contribution is 7.99. The summed E-state index contributed by atoms with van der Waals surface area (Å²) in [5, 5.41) is 0.846. The third-order valence-corrected chi connectivity index (χ3v) is 4.20. The number of imidazole rings is 1. The Morgan fingerprint density at radius 3 is 2.68 bits per heavy atom. The Balaban J connectivity index is 1.76. The van der Waals surface area contributed by atoms with E-state index >= 15 is 0 Å². The van der Waals surface area contributed by atoms with Gasteiger partial charge < -0.3 is 9.88 Å². The van der Waals surface area contributed by atoms with E-state index in [1.54, 1.807) is 49.1 Å². The predicted molar refractivity (Wildman–Crippen MR) is 87.3 cm³/mol. The van der Waals surface area contributed by atoms with Crippen molar-refractivity contribution in [2.45, 2.75) is 24.4 Å². The van der Waals surface area contributed by atoms with E-state index in [0.717, 1.165) is 35.0 Å². The van der Waals surface area contributed by atoms with Gasteiger partial charge in [0.25, 0.3) is 0 Å². The largest absolute Gasteiger partial charge is 0.349 e. The Morgan fingerprint density at radius 1 is 1.27 bits per heavy atom. The topological polar surface area (TPSA) is 49.0 Å². The first-order valence-corrected chi connectivity index (χ1v) is 8.18. The molecule has 0 aliphatic carbocycles. The van der Waals surface area contributed by atoms with Crippen molar-refractivity contribution in [1.82, 2.24) is 14.9 Å². The molecule has 2 aromatic rings. The fraction of sp³-hybridized carbons (Fsp3) is 0.375. The molecule has 1 aromatic heterocycles. The summed E-state index contributed by atoms with van der Waals surface area (Å²) in [6, 6.07) is 6.32. The molecule has 0 aliphatic rings. The number of carbonyl (C=O) groups is 1. The first kappa shape index (κ1) is 16.5. The fourth-order valence-corrected chi connectivity index (χ4v) is 2.77. The molecule has 1 N–H and O–H groups in total. The van der Waals surface area contributed by atoms with Gasteiger partial charge in [-0.25, -0.2) is 9.37 Å². The maximum absolute atomic E-state index is 12.9. The molecule has 22 heavy (non-hydrogen) atoms. The zero-order valence-electron chi connectivity index (χ0n) is 12.8. The Labute approximate surface area is 134 Å². The molecule has 118 valence electrons. The number of rotatable bonds is 7. The summed E-state index contributed by atoms with van der Waals surface area (Å²) in [5.41, 5.74) is 1.79. The van der Waals surface area contributed by atoms with Crippen LogP contribution in [0.4, 0.5) is 4.39 Å².